The van der Waals surface area contributed by atoms with Crippen LogP contribution in [0.15, 0.2) is 30.3 Å². The van der Waals surface area contributed by atoms with Crippen molar-refractivity contribution in [2.75, 3.05) is 19.6 Å². The number of alkyl halides is 1. The number of rotatable bonds is 6. The molecule has 15 heavy (non-hydrogen) atoms. The van der Waals surface area contributed by atoms with Gasteiger partial charge in [-0.1, -0.05) is 44.2 Å². The quantitative estimate of drug-likeness (QED) is 0.668. The Hall–Kier alpha value is -0.530. The summed E-state index contributed by atoms with van der Waals surface area (Å²) >= 11 is 6.34. The Balaban J connectivity index is 2.39. The Labute approximate surface area is 98.0 Å². The predicted molar refractivity (Wildman–Crippen MR) is 67.4 cm³/mol. The van der Waals surface area contributed by atoms with Gasteiger partial charge in [0.25, 0.3) is 0 Å². The van der Waals surface area contributed by atoms with Crippen LogP contribution in [-0.2, 0) is 0 Å². The van der Waals surface area contributed by atoms with Crippen molar-refractivity contribution in [2.24, 2.45) is 0 Å². The first kappa shape index (κ1) is 12.5. The summed E-state index contributed by atoms with van der Waals surface area (Å²) in [6, 6.07) is 10.3. The topological polar surface area (TPSA) is 3.24 Å². The van der Waals surface area contributed by atoms with Gasteiger partial charge in [-0.3, -0.25) is 0 Å². The zero-order valence-electron chi connectivity index (χ0n) is 9.62. The van der Waals surface area contributed by atoms with Gasteiger partial charge in [0.05, 0.1) is 5.38 Å². The average molecular weight is 226 g/mol. The molecule has 0 spiro atoms. The van der Waals surface area contributed by atoms with E-state index in [0.717, 1.165) is 26.1 Å². The lowest BCUT2D eigenvalue weighted by Crippen LogP contribution is -2.24. The van der Waals surface area contributed by atoms with Gasteiger partial charge in [0, 0.05) is 0 Å². The van der Waals surface area contributed by atoms with Gasteiger partial charge >= 0.3 is 0 Å². The van der Waals surface area contributed by atoms with E-state index in [0.29, 0.717) is 0 Å². The molecule has 2 heteroatoms. The number of benzene rings is 1. The van der Waals surface area contributed by atoms with Crippen LogP contribution >= 0.6 is 11.6 Å². The largest absolute Gasteiger partial charge is 0.304 e. The van der Waals surface area contributed by atoms with E-state index in [4.69, 9.17) is 11.6 Å². The van der Waals surface area contributed by atoms with E-state index in [1.54, 1.807) is 0 Å². The standard InChI is InChI=1S/C13H20ClN/c1-3-15(4-2)11-10-13(14)12-8-6-5-7-9-12/h5-9,13H,3-4,10-11H2,1-2H3. The molecule has 1 aromatic carbocycles. The molecule has 0 aromatic heterocycles. The van der Waals surface area contributed by atoms with E-state index in [2.05, 4.69) is 30.9 Å². The summed E-state index contributed by atoms with van der Waals surface area (Å²) in [4.78, 5) is 2.40. The number of hydrogen-bond acceptors (Lipinski definition) is 1. The second-order valence-corrected chi connectivity index (χ2v) is 4.22. The molecule has 0 amide bonds. The van der Waals surface area contributed by atoms with Crippen molar-refractivity contribution in [3.05, 3.63) is 35.9 Å². The molecular formula is C13H20ClN. The maximum absolute atomic E-state index is 6.34. The molecule has 0 N–H and O–H groups in total. The highest BCUT2D eigenvalue weighted by molar-refractivity contribution is 6.20. The van der Waals surface area contributed by atoms with Crippen molar-refractivity contribution in [3.63, 3.8) is 0 Å². The summed E-state index contributed by atoms with van der Waals surface area (Å²) in [5, 5.41) is 0.145. The summed E-state index contributed by atoms with van der Waals surface area (Å²) < 4.78 is 0. The second kappa shape index (κ2) is 6.86. The van der Waals surface area contributed by atoms with Crippen LogP contribution in [0.4, 0.5) is 0 Å². The first-order valence-electron chi connectivity index (χ1n) is 5.69. The monoisotopic (exact) mass is 225 g/mol. The van der Waals surface area contributed by atoms with Gasteiger partial charge < -0.3 is 4.90 Å². The molecule has 0 aliphatic carbocycles. The smallest absolute Gasteiger partial charge is 0.0597 e. The molecule has 1 atom stereocenters. The van der Waals surface area contributed by atoms with Gasteiger partial charge in [-0.15, -0.1) is 11.6 Å². The van der Waals surface area contributed by atoms with E-state index >= 15 is 0 Å². The van der Waals surface area contributed by atoms with Crippen LogP contribution in [0.3, 0.4) is 0 Å². The van der Waals surface area contributed by atoms with Crippen molar-refractivity contribution in [3.8, 4) is 0 Å². The van der Waals surface area contributed by atoms with Crippen molar-refractivity contribution in [2.45, 2.75) is 25.6 Å². The fourth-order valence-corrected chi connectivity index (χ4v) is 1.91. The number of nitrogens with zero attached hydrogens (tertiary/aromatic N) is 1. The Morgan fingerprint density at radius 3 is 2.27 bits per heavy atom. The minimum absolute atomic E-state index is 0.145. The van der Waals surface area contributed by atoms with Crippen LogP contribution in [0.2, 0.25) is 0 Å². The minimum Gasteiger partial charge on any atom is -0.304 e. The van der Waals surface area contributed by atoms with Gasteiger partial charge in [0.1, 0.15) is 0 Å². The second-order valence-electron chi connectivity index (χ2n) is 3.69. The molecule has 1 aromatic rings. The summed E-state index contributed by atoms with van der Waals surface area (Å²) in [7, 11) is 0. The Morgan fingerprint density at radius 1 is 1.13 bits per heavy atom. The first-order valence-corrected chi connectivity index (χ1v) is 6.13. The highest BCUT2D eigenvalue weighted by Crippen LogP contribution is 2.23. The van der Waals surface area contributed by atoms with Crippen molar-refractivity contribution in [1.29, 1.82) is 0 Å². The third kappa shape index (κ3) is 4.23. The Bertz CT molecular complexity index is 256. The fraction of sp³-hybridized carbons (Fsp3) is 0.538. The maximum Gasteiger partial charge on any atom is 0.0597 e. The lowest BCUT2D eigenvalue weighted by molar-refractivity contribution is 0.298. The molecule has 0 aliphatic heterocycles. The van der Waals surface area contributed by atoms with Crippen molar-refractivity contribution < 1.29 is 0 Å². The van der Waals surface area contributed by atoms with E-state index < -0.39 is 0 Å². The molecule has 0 saturated carbocycles. The third-order valence-corrected chi connectivity index (χ3v) is 3.22. The van der Waals surface area contributed by atoms with E-state index in [1.165, 1.54) is 5.56 Å². The van der Waals surface area contributed by atoms with Gasteiger partial charge in [-0.2, -0.15) is 0 Å². The van der Waals surface area contributed by atoms with Crippen LogP contribution in [0.1, 0.15) is 31.2 Å². The minimum atomic E-state index is 0.145. The fourth-order valence-electron chi connectivity index (χ4n) is 1.66. The van der Waals surface area contributed by atoms with E-state index in [1.807, 2.05) is 18.2 Å². The molecule has 0 bridgehead atoms. The molecule has 1 rings (SSSR count). The SMILES string of the molecule is CCN(CC)CCC(Cl)c1ccccc1. The van der Waals surface area contributed by atoms with Gasteiger partial charge in [-0.25, -0.2) is 0 Å². The third-order valence-electron chi connectivity index (χ3n) is 2.75. The molecule has 1 unspecified atom stereocenters. The maximum atomic E-state index is 6.34. The van der Waals surface area contributed by atoms with Crippen LogP contribution in [0.5, 0.6) is 0 Å². The summed E-state index contributed by atoms with van der Waals surface area (Å²) in [6.45, 7) is 7.67. The van der Waals surface area contributed by atoms with Gasteiger partial charge in [0.2, 0.25) is 0 Å². The van der Waals surface area contributed by atoms with Crippen molar-refractivity contribution in [1.82, 2.24) is 4.90 Å². The lowest BCUT2D eigenvalue weighted by atomic mass is 10.1. The van der Waals surface area contributed by atoms with Crippen LogP contribution < -0.4 is 0 Å². The zero-order valence-corrected chi connectivity index (χ0v) is 10.4. The molecule has 0 aliphatic rings. The number of halogens is 1. The van der Waals surface area contributed by atoms with Gasteiger partial charge in [-0.05, 0) is 31.6 Å². The molecule has 84 valence electrons. The lowest BCUT2D eigenvalue weighted by Gasteiger charge is -2.19. The van der Waals surface area contributed by atoms with E-state index in [9.17, 15) is 0 Å². The molecule has 0 fully saturated rings. The normalized spacial score (nSPS) is 13.1. The zero-order chi connectivity index (χ0) is 11.1. The Morgan fingerprint density at radius 2 is 1.73 bits per heavy atom. The predicted octanol–water partition coefficient (Wildman–Crippen LogP) is 3.70. The number of hydrogen-bond donors (Lipinski definition) is 0. The van der Waals surface area contributed by atoms with Crippen LogP contribution in [0, 0.1) is 0 Å². The van der Waals surface area contributed by atoms with Gasteiger partial charge in [0.15, 0.2) is 0 Å². The highest BCUT2D eigenvalue weighted by atomic mass is 35.5. The average Bonchev–Trinajstić information content (AvgIpc) is 2.31. The molecule has 0 heterocycles. The molecule has 0 saturated heterocycles. The molecular weight excluding hydrogens is 206 g/mol. The summed E-state index contributed by atoms with van der Waals surface area (Å²) in [5.41, 5.74) is 1.23. The van der Waals surface area contributed by atoms with Crippen molar-refractivity contribution >= 4 is 11.6 Å². The molecule has 1 nitrogen and oxygen atoms in total. The Kier molecular flexibility index (Phi) is 5.74. The van der Waals surface area contributed by atoms with Crippen LogP contribution in [-0.4, -0.2) is 24.5 Å². The van der Waals surface area contributed by atoms with E-state index in [-0.39, 0.29) is 5.38 Å². The summed E-state index contributed by atoms with van der Waals surface area (Å²) in [5.74, 6) is 0. The first-order chi connectivity index (χ1) is 7.27. The summed E-state index contributed by atoms with van der Waals surface area (Å²) in [6.07, 6.45) is 1.02. The molecule has 0 radical (unpaired) electrons. The van der Waals surface area contributed by atoms with Crippen LogP contribution in [0.25, 0.3) is 0 Å². The highest BCUT2D eigenvalue weighted by Gasteiger charge is 2.08.